The van der Waals surface area contributed by atoms with Crippen LogP contribution in [0.2, 0.25) is 0 Å². The van der Waals surface area contributed by atoms with Crippen molar-refractivity contribution < 1.29 is 32.7 Å². The molecule has 0 spiro atoms. The third kappa shape index (κ3) is 12.4. The Balaban J connectivity index is 0. The maximum absolute atomic E-state index is 5.61. The molecule has 0 heterocycles. The van der Waals surface area contributed by atoms with Gasteiger partial charge in [-0.05, 0) is 6.04 Å². The van der Waals surface area contributed by atoms with Crippen molar-refractivity contribution in [3.63, 3.8) is 0 Å². The van der Waals surface area contributed by atoms with E-state index in [1.54, 1.807) is 0 Å². The molecular weight excluding hydrogens is 271 g/mol. The fourth-order valence-electron chi connectivity index (χ4n) is 1.29. The summed E-state index contributed by atoms with van der Waals surface area (Å²) < 4.78 is 0. The second-order valence-corrected chi connectivity index (χ2v) is 3.28. The standard InChI is InChI=1S/C6H12N.C6H5.C2H6.Y/c7-6-4-2-1-3-5-6;1-2-4-6-5-3-1;1-2;/h1,6H,2-5,7H2;1-5H;1-2H3;/q2*-1;;. The van der Waals surface area contributed by atoms with Gasteiger partial charge in [-0.2, -0.15) is 49.2 Å². The Morgan fingerprint density at radius 3 is 1.75 bits per heavy atom. The van der Waals surface area contributed by atoms with Crippen molar-refractivity contribution in [2.45, 2.75) is 45.6 Å². The fraction of sp³-hybridized carbons (Fsp3) is 0.500. The van der Waals surface area contributed by atoms with Gasteiger partial charge in [0.05, 0.1) is 0 Å². The maximum atomic E-state index is 5.61. The molecule has 2 heteroatoms. The van der Waals surface area contributed by atoms with E-state index in [1.165, 1.54) is 25.7 Å². The molecule has 0 unspecified atom stereocenters. The van der Waals surface area contributed by atoms with Crippen LogP contribution in [0.25, 0.3) is 0 Å². The second kappa shape index (κ2) is 15.3. The average molecular weight is 294 g/mol. The molecule has 2 rings (SSSR count). The molecule has 1 aliphatic carbocycles. The van der Waals surface area contributed by atoms with E-state index in [0.29, 0.717) is 6.04 Å². The Labute approximate surface area is 126 Å². The summed E-state index contributed by atoms with van der Waals surface area (Å²) in [6.45, 7) is 4.00. The molecule has 1 aliphatic rings. The molecule has 1 nitrogen and oxygen atoms in total. The zero-order valence-electron chi connectivity index (χ0n) is 10.5. The normalized spacial score (nSPS) is 14.4. The SMILES string of the molecule is CC.NC1CC[CH-]CC1.[Y].[c-]1ccccc1. The molecule has 1 fully saturated rings. The summed E-state index contributed by atoms with van der Waals surface area (Å²) in [5, 5.41) is 0. The Morgan fingerprint density at radius 2 is 1.56 bits per heavy atom. The summed E-state index contributed by atoms with van der Waals surface area (Å²) in [5.41, 5.74) is 5.61. The number of hydrogen-bond donors (Lipinski definition) is 1. The Kier molecular flexibility index (Phi) is 17.8. The predicted octanol–water partition coefficient (Wildman–Crippen LogP) is 3.60. The zero-order valence-corrected chi connectivity index (χ0v) is 13.4. The van der Waals surface area contributed by atoms with Crippen LogP contribution in [0, 0.1) is 12.5 Å². The van der Waals surface area contributed by atoms with Crippen LogP contribution in [0.1, 0.15) is 39.5 Å². The van der Waals surface area contributed by atoms with Crippen molar-refractivity contribution >= 4 is 0 Å². The second-order valence-electron chi connectivity index (χ2n) is 3.28. The first-order valence-corrected chi connectivity index (χ1v) is 5.88. The smallest absolute Gasteiger partial charge is 0 e. The van der Waals surface area contributed by atoms with Gasteiger partial charge >= 0.3 is 0 Å². The number of hydrogen-bond acceptors (Lipinski definition) is 1. The van der Waals surface area contributed by atoms with Gasteiger partial charge in [-0.3, -0.25) is 0 Å². The van der Waals surface area contributed by atoms with Crippen LogP contribution in [0.3, 0.4) is 0 Å². The predicted molar refractivity (Wildman–Crippen MR) is 67.4 cm³/mol. The first kappa shape index (κ1) is 18.6. The summed E-state index contributed by atoms with van der Waals surface area (Å²) in [6.07, 6.45) is 7.21. The topological polar surface area (TPSA) is 26.0 Å². The summed E-state index contributed by atoms with van der Waals surface area (Å²) in [7, 11) is 0. The largest absolute Gasteiger partial charge is 0.328 e. The van der Waals surface area contributed by atoms with Crippen LogP contribution < -0.4 is 5.73 Å². The van der Waals surface area contributed by atoms with Gasteiger partial charge in [-0.1, -0.05) is 26.7 Å². The minimum Gasteiger partial charge on any atom is -0.328 e. The summed E-state index contributed by atoms with van der Waals surface area (Å²) in [6, 6.07) is 13.0. The van der Waals surface area contributed by atoms with Gasteiger partial charge in [-0.25, -0.2) is 0 Å². The molecule has 1 aromatic carbocycles. The van der Waals surface area contributed by atoms with Crippen molar-refractivity contribution in [2.24, 2.45) is 5.73 Å². The van der Waals surface area contributed by atoms with E-state index in [1.807, 2.05) is 44.2 Å². The van der Waals surface area contributed by atoms with Gasteiger partial charge in [0.1, 0.15) is 0 Å². The molecule has 16 heavy (non-hydrogen) atoms. The Morgan fingerprint density at radius 1 is 1.06 bits per heavy atom. The minimum atomic E-state index is 0. The van der Waals surface area contributed by atoms with Gasteiger partial charge in [-0.15, -0.1) is 0 Å². The molecule has 0 aromatic heterocycles. The zero-order chi connectivity index (χ0) is 11.4. The van der Waals surface area contributed by atoms with E-state index in [2.05, 4.69) is 12.5 Å². The van der Waals surface area contributed by atoms with E-state index < -0.39 is 0 Å². The van der Waals surface area contributed by atoms with E-state index in [0.717, 1.165) is 0 Å². The molecule has 2 N–H and O–H groups in total. The number of nitrogens with two attached hydrogens (primary N) is 1. The van der Waals surface area contributed by atoms with Crippen LogP contribution in [-0.2, 0) is 32.7 Å². The van der Waals surface area contributed by atoms with Crippen LogP contribution in [-0.4, -0.2) is 6.04 Å². The number of rotatable bonds is 0. The molecule has 0 aliphatic heterocycles. The van der Waals surface area contributed by atoms with Crippen molar-refractivity contribution in [3.05, 3.63) is 42.8 Å². The fourth-order valence-corrected chi connectivity index (χ4v) is 1.29. The molecular formula is C14H23NY-2. The van der Waals surface area contributed by atoms with E-state index in [-0.39, 0.29) is 32.7 Å². The van der Waals surface area contributed by atoms with Crippen LogP contribution in [0.15, 0.2) is 30.3 Å². The third-order valence-corrected chi connectivity index (χ3v) is 2.09. The average Bonchev–Trinajstić information content (AvgIpc) is 2.36. The molecule has 0 atom stereocenters. The monoisotopic (exact) mass is 294 g/mol. The van der Waals surface area contributed by atoms with Crippen molar-refractivity contribution in [1.29, 1.82) is 0 Å². The van der Waals surface area contributed by atoms with Gasteiger partial charge in [0.25, 0.3) is 0 Å². The van der Waals surface area contributed by atoms with Crippen molar-refractivity contribution in [3.8, 4) is 0 Å². The molecule has 0 bridgehead atoms. The Bertz CT molecular complexity index is 168. The van der Waals surface area contributed by atoms with E-state index >= 15 is 0 Å². The summed E-state index contributed by atoms with van der Waals surface area (Å²) in [5.74, 6) is 0. The quantitative estimate of drug-likeness (QED) is 0.727. The third-order valence-electron chi connectivity index (χ3n) is 2.09. The van der Waals surface area contributed by atoms with Crippen LogP contribution in [0.4, 0.5) is 0 Å². The molecule has 1 aromatic rings. The molecule has 1 radical (unpaired) electrons. The first-order chi connectivity index (χ1) is 7.39. The van der Waals surface area contributed by atoms with E-state index in [9.17, 15) is 0 Å². The van der Waals surface area contributed by atoms with Gasteiger partial charge in [0, 0.05) is 32.7 Å². The van der Waals surface area contributed by atoms with Crippen molar-refractivity contribution in [2.75, 3.05) is 0 Å². The minimum absolute atomic E-state index is 0. The van der Waals surface area contributed by atoms with E-state index in [4.69, 9.17) is 5.73 Å². The van der Waals surface area contributed by atoms with Gasteiger partial charge in [0.2, 0.25) is 0 Å². The Hall–Kier alpha value is 0.284. The first-order valence-electron chi connectivity index (χ1n) is 5.88. The van der Waals surface area contributed by atoms with Gasteiger partial charge in [0.15, 0.2) is 0 Å². The molecule has 0 amide bonds. The summed E-state index contributed by atoms with van der Waals surface area (Å²) >= 11 is 0. The van der Waals surface area contributed by atoms with Crippen LogP contribution in [0.5, 0.6) is 0 Å². The maximum Gasteiger partial charge on any atom is 0 e. The van der Waals surface area contributed by atoms with Gasteiger partial charge < -0.3 is 12.2 Å². The van der Waals surface area contributed by atoms with Crippen LogP contribution >= 0.6 is 0 Å². The molecule has 1 saturated carbocycles. The molecule has 0 saturated heterocycles. The number of benzene rings is 1. The summed E-state index contributed by atoms with van der Waals surface area (Å²) in [4.78, 5) is 0. The molecule has 89 valence electrons. The van der Waals surface area contributed by atoms with Crippen molar-refractivity contribution in [1.82, 2.24) is 0 Å².